The van der Waals surface area contributed by atoms with Crippen LogP contribution >= 0.6 is 11.6 Å². The van der Waals surface area contributed by atoms with Gasteiger partial charge in [-0.25, -0.2) is 9.37 Å². The molecular formula is C29H24ClF4N3. The highest BCUT2D eigenvalue weighted by Gasteiger charge is 2.33. The number of alkyl halides is 3. The van der Waals surface area contributed by atoms with Crippen LogP contribution in [-0.4, -0.2) is 23.1 Å². The Morgan fingerprint density at radius 1 is 1.14 bits per heavy atom. The van der Waals surface area contributed by atoms with E-state index in [2.05, 4.69) is 16.5 Å². The zero-order valence-electron chi connectivity index (χ0n) is 20.3. The van der Waals surface area contributed by atoms with E-state index in [4.69, 9.17) is 11.6 Å². The molecule has 0 spiro atoms. The molecule has 1 N–H and O–H groups in total. The lowest BCUT2D eigenvalue weighted by Gasteiger charge is -2.33. The maximum Gasteiger partial charge on any atom is 0.417 e. The van der Waals surface area contributed by atoms with Gasteiger partial charge in [-0.05, 0) is 77.4 Å². The van der Waals surface area contributed by atoms with Crippen LogP contribution in [0, 0.1) is 12.7 Å². The van der Waals surface area contributed by atoms with Crippen molar-refractivity contribution < 1.29 is 17.6 Å². The maximum atomic E-state index is 14.8. The van der Waals surface area contributed by atoms with Crippen molar-refractivity contribution in [3.63, 3.8) is 0 Å². The van der Waals surface area contributed by atoms with Crippen LogP contribution in [-0.2, 0) is 6.18 Å². The Balaban J connectivity index is 1.65. The predicted octanol–water partition coefficient (Wildman–Crippen LogP) is 8.59. The van der Waals surface area contributed by atoms with E-state index in [9.17, 15) is 17.6 Å². The first-order valence-corrected chi connectivity index (χ1v) is 12.2. The molecule has 5 rings (SSSR count). The second-order valence-electron chi connectivity index (χ2n) is 9.27. The van der Waals surface area contributed by atoms with Gasteiger partial charge in [0.25, 0.3) is 0 Å². The number of rotatable bonds is 3. The Hall–Kier alpha value is -3.58. The van der Waals surface area contributed by atoms with Crippen molar-refractivity contribution in [3.05, 3.63) is 100 Å². The number of aryl methyl sites for hydroxylation is 1. The van der Waals surface area contributed by atoms with Gasteiger partial charge < -0.3 is 9.88 Å². The first-order valence-electron chi connectivity index (χ1n) is 11.8. The Morgan fingerprint density at radius 2 is 1.89 bits per heavy atom. The number of allylic oxidation sites excluding steroid dienone is 1. The van der Waals surface area contributed by atoms with Crippen LogP contribution in [0.2, 0.25) is 5.02 Å². The fourth-order valence-electron chi connectivity index (χ4n) is 5.02. The van der Waals surface area contributed by atoms with Crippen molar-refractivity contribution in [3.8, 4) is 11.1 Å². The molecule has 0 bridgehead atoms. The summed E-state index contributed by atoms with van der Waals surface area (Å²) in [5.74, 6) is -1.10. The summed E-state index contributed by atoms with van der Waals surface area (Å²) in [4.78, 5) is 8.72. The minimum Gasteiger partial charge on any atom is -0.360 e. The molecule has 2 aromatic carbocycles. The third kappa shape index (κ3) is 4.53. The summed E-state index contributed by atoms with van der Waals surface area (Å²) in [6.07, 6.45) is -1.62. The first-order chi connectivity index (χ1) is 17.6. The van der Waals surface area contributed by atoms with E-state index in [1.54, 1.807) is 4.90 Å². The fourth-order valence-corrected chi connectivity index (χ4v) is 5.28. The summed E-state index contributed by atoms with van der Waals surface area (Å²) in [5, 5.41) is 1.54. The monoisotopic (exact) mass is 525 g/mol. The minimum absolute atomic E-state index is 0.104. The number of aromatic amines is 1. The van der Waals surface area contributed by atoms with Gasteiger partial charge >= 0.3 is 6.18 Å². The third-order valence-corrected chi connectivity index (χ3v) is 7.26. The summed E-state index contributed by atoms with van der Waals surface area (Å²) in [6, 6.07) is 12.5. The number of hydrogen-bond acceptors (Lipinski definition) is 2. The Morgan fingerprint density at radius 3 is 2.59 bits per heavy atom. The number of H-pyrrole nitrogens is 1. The molecule has 190 valence electrons. The van der Waals surface area contributed by atoms with Gasteiger partial charge in [-0.15, -0.1) is 0 Å². The van der Waals surface area contributed by atoms with Crippen LogP contribution in [0.1, 0.15) is 30.0 Å². The van der Waals surface area contributed by atoms with E-state index in [-0.39, 0.29) is 12.4 Å². The van der Waals surface area contributed by atoms with Crippen molar-refractivity contribution in [1.29, 1.82) is 0 Å². The smallest absolute Gasteiger partial charge is 0.360 e. The molecule has 37 heavy (non-hydrogen) atoms. The molecule has 4 aromatic rings. The highest BCUT2D eigenvalue weighted by Crippen LogP contribution is 2.42. The van der Waals surface area contributed by atoms with E-state index < -0.39 is 17.6 Å². The molecule has 0 unspecified atom stereocenters. The molecule has 1 aliphatic heterocycles. The Bertz CT molecular complexity index is 1570. The lowest BCUT2D eigenvalue weighted by molar-refractivity contribution is -0.138. The van der Waals surface area contributed by atoms with Crippen LogP contribution in [0.3, 0.4) is 0 Å². The molecule has 0 atom stereocenters. The number of nitrogens with one attached hydrogen (secondary N) is 1. The van der Waals surface area contributed by atoms with Crippen LogP contribution in [0.5, 0.6) is 0 Å². The molecule has 8 heteroatoms. The van der Waals surface area contributed by atoms with Crippen LogP contribution in [0.4, 0.5) is 23.4 Å². The number of halogens is 5. The predicted molar refractivity (Wildman–Crippen MR) is 141 cm³/mol. The SMILES string of the molecule is C=C1CCN(c2ncc(C(F)(F)F)cc2F)C/C1=C(/C)c1c(-c2ccccc2C)cc(Cl)c2[nH]ccc12. The van der Waals surface area contributed by atoms with Crippen LogP contribution in [0.15, 0.2) is 72.6 Å². The fraction of sp³-hybridized carbons (Fsp3) is 0.207. The number of pyridine rings is 1. The van der Waals surface area contributed by atoms with Crippen molar-refractivity contribution in [2.45, 2.75) is 26.4 Å². The second-order valence-corrected chi connectivity index (χ2v) is 9.68. The normalized spacial score (nSPS) is 16.0. The van der Waals surface area contributed by atoms with E-state index >= 15 is 0 Å². The molecule has 0 radical (unpaired) electrons. The zero-order valence-corrected chi connectivity index (χ0v) is 21.1. The lowest BCUT2D eigenvalue weighted by atomic mass is 9.85. The second kappa shape index (κ2) is 9.38. The average molecular weight is 526 g/mol. The van der Waals surface area contributed by atoms with Crippen LogP contribution in [0.25, 0.3) is 27.6 Å². The van der Waals surface area contributed by atoms with Gasteiger partial charge in [0.2, 0.25) is 0 Å². The Labute approximate surface area is 217 Å². The number of nitrogens with zero attached hydrogens (tertiary/aromatic N) is 2. The topological polar surface area (TPSA) is 31.9 Å². The van der Waals surface area contributed by atoms with E-state index in [0.717, 1.165) is 49.9 Å². The summed E-state index contributed by atoms with van der Waals surface area (Å²) in [6.45, 7) is 8.96. The highest BCUT2D eigenvalue weighted by atomic mass is 35.5. The zero-order chi connectivity index (χ0) is 26.5. The van der Waals surface area contributed by atoms with Gasteiger partial charge in [-0.3, -0.25) is 0 Å². The van der Waals surface area contributed by atoms with E-state index in [0.29, 0.717) is 30.3 Å². The molecule has 0 saturated carbocycles. The number of anilines is 1. The molecule has 1 fully saturated rings. The molecule has 3 nitrogen and oxygen atoms in total. The molecule has 3 heterocycles. The summed E-state index contributed by atoms with van der Waals surface area (Å²) >= 11 is 6.66. The van der Waals surface area contributed by atoms with Gasteiger partial charge in [-0.2, -0.15) is 13.2 Å². The highest BCUT2D eigenvalue weighted by molar-refractivity contribution is 6.36. The third-order valence-electron chi connectivity index (χ3n) is 6.97. The summed E-state index contributed by atoms with van der Waals surface area (Å²) in [5.41, 5.74) is 6.51. The number of hydrogen-bond donors (Lipinski definition) is 1. The molecule has 0 aliphatic carbocycles. The molecule has 1 aliphatic rings. The minimum atomic E-state index is -4.66. The van der Waals surface area contributed by atoms with Gasteiger partial charge in [0.15, 0.2) is 11.6 Å². The summed E-state index contributed by atoms with van der Waals surface area (Å²) in [7, 11) is 0. The number of fused-ring (bicyclic) bond motifs is 1. The van der Waals surface area contributed by atoms with E-state index in [1.807, 2.05) is 56.4 Å². The standard InChI is InChI=1S/C29H24ClF4N3/c1-16-6-4-5-7-20(16)22-13-24(30)27-21(8-10-35-27)26(22)18(3)23-15-37(11-9-17(23)2)28-25(31)12-19(14-36-28)29(32,33)34/h4-8,10,12-14,35H,2,9,11,15H2,1,3H3/b23-18+. The van der Waals surface area contributed by atoms with Gasteiger partial charge in [0, 0.05) is 30.9 Å². The molecule has 2 aromatic heterocycles. The van der Waals surface area contributed by atoms with Crippen molar-refractivity contribution in [2.75, 3.05) is 18.0 Å². The molecule has 1 saturated heterocycles. The van der Waals surface area contributed by atoms with Crippen molar-refractivity contribution >= 4 is 33.9 Å². The molecule has 0 amide bonds. The number of benzene rings is 2. The quantitative estimate of drug-likeness (QED) is 0.272. The summed E-state index contributed by atoms with van der Waals surface area (Å²) < 4.78 is 53.9. The van der Waals surface area contributed by atoms with E-state index in [1.165, 1.54) is 0 Å². The molecular weight excluding hydrogens is 502 g/mol. The lowest BCUT2D eigenvalue weighted by Crippen LogP contribution is -2.34. The largest absolute Gasteiger partial charge is 0.417 e. The van der Waals surface area contributed by atoms with Gasteiger partial charge in [0.1, 0.15) is 0 Å². The van der Waals surface area contributed by atoms with Crippen molar-refractivity contribution in [2.24, 2.45) is 0 Å². The van der Waals surface area contributed by atoms with Gasteiger partial charge in [-0.1, -0.05) is 42.4 Å². The average Bonchev–Trinajstić information content (AvgIpc) is 3.34. The number of aromatic nitrogens is 2. The van der Waals surface area contributed by atoms with Gasteiger partial charge in [0.05, 0.1) is 16.1 Å². The maximum absolute atomic E-state index is 14.8. The van der Waals surface area contributed by atoms with Crippen molar-refractivity contribution in [1.82, 2.24) is 9.97 Å². The first kappa shape index (κ1) is 25.1. The number of piperidine rings is 1. The van der Waals surface area contributed by atoms with Crippen LogP contribution < -0.4 is 4.90 Å². The Kier molecular flexibility index (Phi) is 6.36.